The Morgan fingerprint density at radius 3 is 2.55 bits per heavy atom. The number of benzene rings is 1. The van der Waals surface area contributed by atoms with Gasteiger partial charge >= 0.3 is 6.18 Å². The van der Waals surface area contributed by atoms with Gasteiger partial charge in [-0.1, -0.05) is 13.3 Å². The van der Waals surface area contributed by atoms with Crippen molar-refractivity contribution >= 4 is 11.4 Å². The molecule has 20 heavy (non-hydrogen) atoms. The van der Waals surface area contributed by atoms with Crippen molar-refractivity contribution in [3.8, 4) is 0 Å². The monoisotopic (exact) mass is 290 g/mol. The van der Waals surface area contributed by atoms with Crippen molar-refractivity contribution in [2.45, 2.75) is 32.4 Å². The lowest BCUT2D eigenvalue weighted by Crippen LogP contribution is -2.18. The number of hydrogen-bond acceptors (Lipinski definition) is 3. The zero-order chi connectivity index (χ0) is 15.2. The van der Waals surface area contributed by atoms with Crippen molar-refractivity contribution in [2.24, 2.45) is 5.92 Å². The van der Waals surface area contributed by atoms with Gasteiger partial charge in [-0.25, -0.2) is 0 Å². The molecule has 0 aromatic heterocycles. The Morgan fingerprint density at radius 2 is 2.00 bits per heavy atom. The van der Waals surface area contributed by atoms with Crippen LogP contribution < -0.4 is 11.1 Å². The third-order valence-corrected chi connectivity index (χ3v) is 3.16. The second-order valence-corrected chi connectivity index (χ2v) is 4.85. The molecular formula is C14H21F3N2O. The van der Waals surface area contributed by atoms with Gasteiger partial charge in [0.05, 0.1) is 5.56 Å². The van der Waals surface area contributed by atoms with Gasteiger partial charge in [0.15, 0.2) is 0 Å². The van der Waals surface area contributed by atoms with E-state index in [1.54, 1.807) is 0 Å². The second-order valence-electron chi connectivity index (χ2n) is 4.85. The molecule has 0 amide bonds. The summed E-state index contributed by atoms with van der Waals surface area (Å²) in [5, 5.41) is 11.8. The zero-order valence-corrected chi connectivity index (χ0v) is 11.5. The maximum Gasteiger partial charge on any atom is 0.418 e. The highest BCUT2D eigenvalue weighted by molar-refractivity contribution is 5.59. The van der Waals surface area contributed by atoms with E-state index < -0.39 is 11.7 Å². The highest BCUT2D eigenvalue weighted by Crippen LogP contribution is 2.36. The highest BCUT2D eigenvalue weighted by Gasteiger charge is 2.33. The molecule has 4 N–H and O–H groups in total. The van der Waals surface area contributed by atoms with Gasteiger partial charge in [-0.05, 0) is 37.0 Å². The number of aliphatic hydroxyl groups excluding tert-OH is 1. The number of nitrogen functional groups attached to an aromatic ring is 1. The molecule has 1 aromatic carbocycles. The molecule has 6 heteroatoms. The van der Waals surface area contributed by atoms with E-state index in [0.717, 1.165) is 18.9 Å². The van der Waals surface area contributed by atoms with Gasteiger partial charge in [0.1, 0.15) is 0 Å². The van der Waals surface area contributed by atoms with Crippen molar-refractivity contribution in [3.05, 3.63) is 23.8 Å². The van der Waals surface area contributed by atoms with Crippen LogP contribution >= 0.6 is 0 Å². The molecule has 3 nitrogen and oxygen atoms in total. The Hall–Kier alpha value is -1.43. The third-order valence-electron chi connectivity index (χ3n) is 3.16. The Morgan fingerprint density at radius 1 is 1.30 bits per heavy atom. The number of hydrogen-bond donors (Lipinski definition) is 3. The standard InChI is InChI=1S/C14H21F3N2O/c1-2-3-10(6-7-20)9-19-13-5-4-11(18)8-12(13)14(15,16)17/h4-5,8,10,19-20H,2-3,6-7,9,18H2,1H3. The van der Waals surface area contributed by atoms with Crippen LogP contribution in [-0.2, 0) is 6.18 Å². The number of halogens is 3. The smallest absolute Gasteiger partial charge is 0.399 e. The Labute approximate surface area is 117 Å². The average molecular weight is 290 g/mol. The van der Waals surface area contributed by atoms with Gasteiger partial charge in [0.25, 0.3) is 0 Å². The zero-order valence-electron chi connectivity index (χ0n) is 11.5. The molecule has 0 saturated carbocycles. The molecule has 1 rings (SSSR count). The number of nitrogens with one attached hydrogen (secondary N) is 1. The second kappa shape index (κ2) is 7.38. The molecule has 1 unspecified atom stereocenters. The Bertz CT molecular complexity index is 415. The first kappa shape index (κ1) is 16.6. The molecular weight excluding hydrogens is 269 g/mol. The Kier molecular flexibility index (Phi) is 6.13. The number of rotatable bonds is 7. The van der Waals surface area contributed by atoms with E-state index in [2.05, 4.69) is 5.32 Å². The van der Waals surface area contributed by atoms with Crippen molar-refractivity contribution < 1.29 is 18.3 Å². The molecule has 0 fully saturated rings. The summed E-state index contributed by atoms with van der Waals surface area (Å²) in [6.07, 6.45) is -2.06. The van der Waals surface area contributed by atoms with Gasteiger partial charge < -0.3 is 16.2 Å². The molecule has 0 bridgehead atoms. The van der Waals surface area contributed by atoms with E-state index >= 15 is 0 Å². The fourth-order valence-corrected chi connectivity index (χ4v) is 2.14. The van der Waals surface area contributed by atoms with Gasteiger partial charge in [-0.3, -0.25) is 0 Å². The number of nitrogens with two attached hydrogens (primary N) is 1. The summed E-state index contributed by atoms with van der Waals surface area (Å²) < 4.78 is 38.7. The number of aliphatic hydroxyl groups is 1. The topological polar surface area (TPSA) is 58.3 Å². The van der Waals surface area contributed by atoms with Gasteiger partial charge in [-0.2, -0.15) is 13.2 Å². The Balaban J connectivity index is 2.81. The normalized spacial score (nSPS) is 13.2. The molecule has 114 valence electrons. The van der Waals surface area contributed by atoms with Crippen LogP contribution in [0.2, 0.25) is 0 Å². The summed E-state index contributed by atoms with van der Waals surface area (Å²) in [4.78, 5) is 0. The van der Waals surface area contributed by atoms with Gasteiger partial charge in [0.2, 0.25) is 0 Å². The first-order valence-corrected chi connectivity index (χ1v) is 6.70. The van der Waals surface area contributed by atoms with Crippen molar-refractivity contribution in [1.82, 2.24) is 0 Å². The van der Waals surface area contributed by atoms with Gasteiger partial charge in [-0.15, -0.1) is 0 Å². The van der Waals surface area contributed by atoms with Crippen molar-refractivity contribution in [3.63, 3.8) is 0 Å². The number of alkyl halides is 3. The van der Waals surface area contributed by atoms with Gasteiger partial charge in [0, 0.05) is 24.5 Å². The lowest BCUT2D eigenvalue weighted by molar-refractivity contribution is -0.136. The first-order valence-electron chi connectivity index (χ1n) is 6.70. The summed E-state index contributed by atoms with van der Waals surface area (Å²) >= 11 is 0. The molecule has 0 spiro atoms. The minimum absolute atomic E-state index is 0.0331. The number of anilines is 2. The van der Waals surface area contributed by atoms with Crippen LogP contribution in [0, 0.1) is 5.92 Å². The fraction of sp³-hybridized carbons (Fsp3) is 0.571. The molecule has 0 saturated heterocycles. The van der Waals surface area contributed by atoms with E-state index in [1.165, 1.54) is 12.1 Å². The molecule has 0 aliphatic heterocycles. The van der Waals surface area contributed by atoms with Crippen LogP contribution in [0.5, 0.6) is 0 Å². The molecule has 1 atom stereocenters. The summed E-state index contributed by atoms with van der Waals surface area (Å²) in [6.45, 7) is 2.45. The minimum Gasteiger partial charge on any atom is -0.399 e. The van der Waals surface area contributed by atoms with Crippen molar-refractivity contribution in [2.75, 3.05) is 24.2 Å². The SMILES string of the molecule is CCCC(CCO)CNc1ccc(N)cc1C(F)(F)F. The maximum atomic E-state index is 12.9. The van der Waals surface area contributed by atoms with Crippen LogP contribution in [0.3, 0.4) is 0 Å². The van der Waals surface area contributed by atoms with E-state index in [0.29, 0.717) is 13.0 Å². The molecule has 0 radical (unpaired) electrons. The summed E-state index contributed by atoms with van der Waals surface area (Å²) in [7, 11) is 0. The van der Waals surface area contributed by atoms with Crippen LogP contribution in [0.25, 0.3) is 0 Å². The summed E-state index contributed by atoms with van der Waals surface area (Å²) in [5.41, 5.74) is 4.78. The predicted molar refractivity (Wildman–Crippen MR) is 74.4 cm³/mol. The average Bonchev–Trinajstić information content (AvgIpc) is 2.36. The quantitative estimate of drug-likeness (QED) is 0.674. The molecule has 0 aliphatic carbocycles. The molecule has 0 aliphatic rings. The van der Waals surface area contributed by atoms with E-state index in [-0.39, 0.29) is 23.9 Å². The lowest BCUT2D eigenvalue weighted by Gasteiger charge is -2.19. The highest BCUT2D eigenvalue weighted by atomic mass is 19.4. The molecule has 0 heterocycles. The van der Waals surface area contributed by atoms with E-state index in [4.69, 9.17) is 10.8 Å². The largest absolute Gasteiger partial charge is 0.418 e. The van der Waals surface area contributed by atoms with Crippen LogP contribution in [0.1, 0.15) is 31.7 Å². The third kappa shape index (κ3) is 4.92. The predicted octanol–water partition coefficient (Wildman–Crippen LogP) is 3.50. The van der Waals surface area contributed by atoms with E-state index in [9.17, 15) is 13.2 Å². The molecule has 1 aromatic rings. The fourth-order valence-electron chi connectivity index (χ4n) is 2.14. The van der Waals surface area contributed by atoms with Crippen molar-refractivity contribution in [1.29, 1.82) is 0 Å². The summed E-state index contributed by atoms with van der Waals surface area (Å²) in [5.74, 6) is 0.156. The first-order chi connectivity index (χ1) is 9.38. The van der Waals surface area contributed by atoms with Crippen LogP contribution in [-0.4, -0.2) is 18.3 Å². The summed E-state index contributed by atoms with van der Waals surface area (Å²) in [6, 6.07) is 3.72. The lowest BCUT2D eigenvalue weighted by atomic mass is 10.00. The van der Waals surface area contributed by atoms with Crippen LogP contribution in [0.15, 0.2) is 18.2 Å². The van der Waals surface area contributed by atoms with E-state index in [1.807, 2.05) is 6.92 Å². The van der Waals surface area contributed by atoms with Crippen LogP contribution in [0.4, 0.5) is 24.5 Å². The minimum atomic E-state index is -4.44. The maximum absolute atomic E-state index is 12.9.